The molecule has 0 heterocycles. The largest absolute Gasteiger partial charge is 0.305 e. The van der Waals surface area contributed by atoms with Crippen LogP contribution in [0.4, 0.5) is 0 Å². The second-order valence-electron chi connectivity index (χ2n) is 3.11. The molecule has 0 aromatic heterocycles. The molecule has 0 saturated carbocycles. The van der Waals surface area contributed by atoms with Crippen LogP contribution in [0.15, 0.2) is 0 Å². The lowest BCUT2D eigenvalue weighted by atomic mass is 10.3. The molecule has 0 rings (SSSR count). The molecular formula is C9H18N2. The molecule has 64 valence electrons. The first-order chi connectivity index (χ1) is 5.07. The van der Waals surface area contributed by atoms with E-state index in [1.165, 1.54) is 0 Å². The smallest absolute Gasteiger partial charge is 0.0658 e. The number of nitrogens with zero attached hydrogens (tertiary/aromatic N) is 1. The number of rotatable bonds is 4. The molecule has 0 radical (unpaired) electrons. The minimum Gasteiger partial charge on any atom is -0.305 e. The van der Waals surface area contributed by atoms with Crippen LogP contribution in [0.3, 0.4) is 0 Å². The second kappa shape index (κ2) is 5.17. The number of likely N-dealkylation sites (N-methyl/N-ethyl adjacent to an activating group) is 1. The molecule has 0 aromatic carbocycles. The minimum absolute atomic E-state index is 0.178. The van der Waals surface area contributed by atoms with Crippen molar-refractivity contribution in [3.63, 3.8) is 0 Å². The monoisotopic (exact) mass is 154 g/mol. The number of nitrogens with one attached hydrogen (secondary N) is 1. The highest BCUT2D eigenvalue weighted by Gasteiger charge is 2.04. The van der Waals surface area contributed by atoms with Gasteiger partial charge in [0.1, 0.15) is 0 Å². The third-order valence-electron chi connectivity index (χ3n) is 1.85. The number of terminal acetylenes is 1. The van der Waals surface area contributed by atoms with E-state index in [1.54, 1.807) is 0 Å². The fraction of sp³-hybridized carbons (Fsp3) is 0.778. The average Bonchev–Trinajstić information content (AvgIpc) is 1.99. The van der Waals surface area contributed by atoms with Gasteiger partial charge >= 0.3 is 0 Å². The van der Waals surface area contributed by atoms with Gasteiger partial charge in [-0.15, -0.1) is 6.42 Å². The molecule has 11 heavy (non-hydrogen) atoms. The molecular weight excluding hydrogens is 136 g/mol. The Morgan fingerprint density at radius 1 is 1.45 bits per heavy atom. The molecule has 2 atom stereocenters. The number of hydrogen-bond donors (Lipinski definition) is 1. The van der Waals surface area contributed by atoms with Crippen LogP contribution in [-0.4, -0.2) is 37.6 Å². The van der Waals surface area contributed by atoms with Crippen molar-refractivity contribution in [2.45, 2.75) is 25.9 Å². The van der Waals surface area contributed by atoms with E-state index in [0.717, 1.165) is 6.54 Å². The average molecular weight is 154 g/mol. The Kier molecular flexibility index (Phi) is 4.93. The third-order valence-corrected chi connectivity index (χ3v) is 1.85. The topological polar surface area (TPSA) is 15.3 Å². The summed E-state index contributed by atoms with van der Waals surface area (Å²) in [5.41, 5.74) is 0. The summed E-state index contributed by atoms with van der Waals surface area (Å²) < 4.78 is 0. The van der Waals surface area contributed by atoms with Crippen LogP contribution in [0.2, 0.25) is 0 Å². The molecule has 1 N–H and O–H groups in total. The molecule has 0 saturated heterocycles. The van der Waals surface area contributed by atoms with Gasteiger partial charge in [-0.25, -0.2) is 0 Å². The first-order valence-electron chi connectivity index (χ1n) is 3.94. The lowest BCUT2D eigenvalue weighted by Gasteiger charge is -2.20. The van der Waals surface area contributed by atoms with Crippen molar-refractivity contribution in [3.8, 4) is 12.3 Å². The van der Waals surface area contributed by atoms with E-state index in [9.17, 15) is 0 Å². The Morgan fingerprint density at radius 2 is 2.00 bits per heavy atom. The van der Waals surface area contributed by atoms with Crippen molar-refractivity contribution in [2.75, 3.05) is 20.6 Å². The molecule has 2 unspecified atom stereocenters. The van der Waals surface area contributed by atoms with E-state index < -0.39 is 0 Å². The van der Waals surface area contributed by atoms with Crippen LogP contribution in [-0.2, 0) is 0 Å². The van der Waals surface area contributed by atoms with E-state index in [2.05, 4.69) is 37.2 Å². The van der Waals surface area contributed by atoms with Gasteiger partial charge in [-0.3, -0.25) is 0 Å². The van der Waals surface area contributed by atoms with Gasteiger partial charge in [0, 0.05) is 12.6 Å². The maximum atomic E-state index is 5.21. The Labute approximate surface area is 70.0 Å². The highest BCUT2D eigenvalue weighted by molar-refractivity contribution is 4.95. The molecule has 0 aliphatic rings. The third kappa shape index (κ3) is 4.83. The van der Waals surface area contributed by atoms with Crippen molar-refractivity contribution in [3.05, 3.63) is 0 Å². The zero-order valence-electron chi connectivity index (χ0n) is 7.89. The maximum absolute atomic E-state index is 5.21. The Balaban J connectivity index is 3.47. The van der Waals surface area contributed by atoms with Gasteiger partial charge in [0.25, 0.3) is 0 Å². The predicted molar refractivity (Wildman–Crippen MR) is 49.4 cm³/mol. The molecule has 0 aromatic rings. The maximum Gasteiger partial charge on any atom is 0.0658 e. The van der Waals surface area contributed by atoms with E-state index in [1.807, 2.05) is 6.92 Å². The predicted octanol–water partition coefficient (Wildman–Crippen LogP) is 0.548. The van der Waals surface area contributed by atoms with Gasteiger partial charge in [0.15, 0.2) is 0 Å². The van der Waals surface area contributed by atoms with Gasteiger partial charge in [-0.1, -0.05) is 5.92 Å². The summed E-state index contributed by atoms with van der Waals surface area (Å²) in [5.74, 6) is 2.63. The fourth-order valence-corrected chi connectivity index (χ4v) is 0.589. The Bertz CT molecular complexity index is 135. The molecule has 0 amide bonds. The van der Waals surface area contributed by atoms with Gasteiger partial charge in [-0.05, 0) is 27.9 Å². The molecule has 0 bridgehead atoms. The highest BCUT2D eigenvalue weighted by Crippen LogP contribution is 1.89. The van der Waals surface area contributed by atoms with Crippen LogP contribution in [0.1, 0.15) is 13.8 Å². The van der Waals surface area contributed by atoms with Crippen LogP contribution in [0, 0.1) is 12.3 Å². The highest BCUT2D eigenvalue weighted by atomic mass is 15.1. The van der Waals surface area contributed by atoms with Gasteiger partial charge in [0.2, 0.25) is 0 Å². The van der Waals surface area contributed by atoms with Crippen molar-refractivity contribution in [2.24, 2.45) is 0 Å². The van der Waals surface area contributed by atoms with Crippen molar-refractivity contribution >= 4 is 0 Å². The minimum atomic E-state index is 0.178. The van der Waals surface area contributed by atoms with E-state index >= 15 is 0 Å². The van der Waals surface area contributed by atoms with Gasteiger partial charge in [-0.2, -0.15) is 0 Å². The van der Waals surface area contributed by atoms with Crippen LogP contribution >= 0.6 is 0 Å². The normalized spacial score (nSPS) is 16.0. The molecule has 0 aliphatic carbocycles. The molecule has 0 aliphatic heterocycles. The van der Waals surface area contributed by atoms with Crippen LogP contribution in [0.25, 0.3) is 0 Å². The van der Waals surface area contributed by atoms with Crippen molar-refractivity contribution < 1.29 is 0 Å². The zero-order chi connectivity index (χ0) is 8.85. The van der Waals surface area contributed by atoms with Gasteiger partial charge < -0.3 is 10.2 Å². The Hall–Kier alpha value is -0.520. The second-order valence-corrected chi connectivity index (χ2v) is 3.11. The van der Waals surface area contributed by atoms with Crippen molar-refractivity contribution in [1.29, 1.82) is 0 Å². The molecule has 2 heteroatoms. The summed E-state index contributed by atoms with van der Waals surface area (Å²) in [6.07, 6.45) is 5.21. The SMILES string of the molecule is C#CC(C)NCC(C)N(C)C. The summed E-state index contributed by atoms with van der Waals surface area (Å²) >= 11 is 0. The summed E-state index contributed by atoms with van der Waals surface area (Å²) in [5, 5.41) is 3.24. The zero-order valence-corrected chi connectivity index (χ0v) is 7.89. The van der Waals surface area contributed by atoms with E-state index in [-0.39, 0.29) is 6.04 Å². The van der Waals surface area contributed by atoms with E-state index in [4.69, 9.17) is 6.42 Å². The fourth-order valence-electron chi connectivity index (χ4n) is 0.589. The standard InChI is InChI=1S/C9H18N2/c1-6-8(2)10-7-9(3)11(4)5/h1,8-10H,7H2,2-5H3. The summed E-state index contributed by atoms with van der Waals surface area (Å²) in [4.78, 5) is 2.16. The van der Waals surface area contributed by atoms with Crippen LogP contribution in [0.5, 0.6) is 0 Å². The quantitative estimate of drug-likeness (QED) is 0.595. The molecule has 0 spiro atoms. The van der Waals surface area contributed by atoms with Crippen molar-refractivity contribution in [1.82, 2.24) is 10.2 Å². The summed E-state index contributed by atoms with van der Waals surface area (Å²) in [6.45, 7) is 5.09. The Morgan fingerprint density at radius 3 is 2.36 bits per heavy atom. The number of hydrogen-bond acceptors (Lipinski definition) is 2. The first kappa shape index (κ1) is 10.5. The summed E-state index contributed by atoms with van der Waals surface area (Å²) in [6, 6.07) is 0.711. The van der Waals surface area contributed by atoms with Gasteiger partial charge in [0.05, 0.1) is 6.04 Å². The molecule has 2 nitrogen and oxygen atoms in total. The lowest BCUT2D eigenvalue weighted by molar-refractivity contribution is 0.300. The van der Waals surface area contributed by atoms with E-state index in [0.29, 0.717) is 6.04 Å². The lowest BCUT2D eigenvalue weighted by Crippen LogP contribution is -2.38. The summed E-state index contributed by atoms with van der Waals surface area (Å²) in [7, 11) is 4.12. The molecule has 0 fully saturated rings. The first-order valence-corrected chi connectivity index (χ1v) is 3.94. The van der Waals surface area contributed by atoms with Crippen LogP contribution < -0.4 is 5.32 Å².